The maximum Gasteiger partial charge on any atom is 0.247 e. The molecule has 7 heteroatoms. The van der Waals surface area contributed by atoms with Gasteiger partial charge in [-0.1, -0.05) is 30.3 Å². The zero-order valence-corrected chi connectivity index (χ0v) is 17.0. The lowest BCUT2D eigenvalue weighted by Gasteiger charge is -2.50. The summed E-state index contributed by atoms with van der Waals surface area (Å²) < 4.78 is 6.35. The van der Waals surface area contributed by atoms with Gasteiger partial charge in [0.05, 0.1) is 12.2 Å². The van der Waals surface area contributed by atoms with E-state index in [9.17, 15) is 4.79 Å². The van der Waals surface area contributed by atoms with Gasteiger partial charge in [0.15, 0.2) is 0 Å². The molecule has 3 fully saturated rings. The largest absolute Gasteiger partial charge is 0.371 e. The maximum atomic E-state index is 13.0. The minimum Gasteiger partial charge on any atom is -0.371 e. The molecule has 1 aromatic carbocycles. The van der Waals surface area contributed by atoms with Crippen LogP contribution in [-0.2, 0) is 9.53 Å². The molecule has 0 saturated carbocycles. The van der Waals surface area contributed by atoms with Crippen LogP contribution in [0.1, 0.15) is 31.2 Å². The van der Waals surface area contributed by atoms with Crippen molar-refractivity contribution in [3.8, 4) is 0 Å². The van der Waals surface area contributed by atoms with Crippen molar-refractivity contribution in [1.29, 1.82) is 0 Å². The molecule has 0 radical (unpaired) electrons. The van der Waals surface area contributed by atoms with E-state index in [1.807, 2.05) is 42.5 Å². The Labute approximate surface area is 176 Å². The number of benzene rings is 1. The van der Waals surface area contributed by atoms with Crippen LogP contribution >= 0.6 is 0 Å². The van der Waals surface area contributed by atoms with Crippen LogP contribution < -0.4 is 10.6 Å². The van der Waals surface area contributed by atoms with Gasteiger partial charge in [-0.3, -0.25) is 4.79 Å². The Balaban J connectivity index is 1.30. The number of carbonyl (C=O) groups is 1. The number of piperidine rings is 1. The van der Waals surface area contributed by atoms with Gasteiger partial charge in [0.2, 0.25) is 11.9 Å². The van der Waals surface area contributed by atoms with Crippen LogP contribution in [0.4, 0.5) is 11.8 Å². The molecule has 2 bridgehead atoms. The fourth-order valence-electron chi connectivity index (χ4n) is 5.31. The molecule has 3 saturated heterocycles. The third kappa shape index (κ3) is 3.65. The molecule has 0 aliphatic carbocycles. The van der Waals surface area contributed by atoms with Gasteiger partial charge in [-0.05, 0) is 43.4 Å². The lowest BCUT2D eigenvalue weighted by atomic mass is 9.84. The first-order valence-corrected chi connectivity index (χ1v) is 10.6. The summed E-state index contributed by atoms with van der Waals surface area (Å²) in [5.74, 6) is 1.25. The predicted molar refractivity (Wildman–Crippen MR) is 116 cm³/mol. The molecule has 7 nitrogen and oxygen atoms in total. The average Bonchev–Trinajstić information content (AvgIpc) is 3.05. The van der Waals surface area contributed by atoms with Crippen molar-refractivity contribution < 1.29 is 9.53 Å². The topological polar surface area (TPSA) is 84.6 Å². The summed E-state index contributed by atoms with van der Waals surface area (Å²) in [5.41, 5.74) is 6.59. The SMILES string of the molecule is Nc1nccc(N2CCOC3(C[C@H]4CC[C@@H](C3)N4C(=O)/C=C/c3ccccc3)C2)n1. The summed E-state index contributed by atoms with van der Waals surface area (Å²) in [7, 11) is 0. The molecule has 5 rings (SSSR count). The van der Waals surface area contributed by atoms with E-state index in [1.165, 1.54) is 0 Å². The smallest absolute Gasteiger partial charge is 0.247 e. The minimum atomic E-state index is -0.232. The number of nitrogens with zero attached hydrogens (tertiary/aromatic N) is 4. The molecule has 1 unspecified atom stereocenters. The number of ether oxygens (including phenoxy) is 1. The highest BCUT2D eigenvalue weighted by molar-refractivity contribution is 5.92. The van der Waals surface area contributed by atoms with Crippen LogP contribution in [0.3, 0.4) is 0 Å². The van der Waals surface area contributed by atoms with Gasteiger partial charge in [0.25, 0.3) is 0 Å². The van der Waals surface area contributed by atoms with Gasteiger partial charge in [-0.2, -0.15) is 4.98 Å². The number of hydrogen-bond acceptors (Lipinski definition) is 6. The van der Waals surface area contributed by atoms with Crippen molar-refractivity contribution in [3.63, 3.8) is 0 Å². The highest BCUT2D eigenvalue weighted by atomic mass is 16.5. The van der Waals surface area contributed by atoms with E-state index in [0.29, 0.717) is 12.6 Å². The van der Waals surface area contributed by atoms with E-state index >= 15 is 0 Å². The number of aromatic nitrogens is 2. The summed E-state index contributed by atoms with van der Waals surface area (Å²) >= 11 is 0. The van der Waals surface area contributed by atoms with E-state index in [2.05, 4.69) is 19.8 Å². The first-order valence-electron chi connectivity index (χ1n) is 10.6. The van der Waals surface area contributed by atoms with Crippen molar-refractivity contribution >= 4 is 23.7 Å². The second-order valence-corrected chi connectivity index (χ2v) is 8.51. The Bertz CT molecular complexity index is 934. The van der Waals surface area contributed by atoms with Crippen LogP contribution in [0.5, 0.6) is 0 Å². The first kappa shape index (κ1) is 19.1. The van der Waals surface area contributed by atoms with E-state index in [-0.39, 0.29) is 23.6 Å². The highest BCUT2D eigenvalue weighted by Gasteiger charge is 2.52. The van der Waals surface area contributed by atoms with Crippen molar-refractivity contribution in [3.05, 3.63) is 54.2 Å². The second-order valence-electron chi connectivity index (χ2n) is 8.51. The number of anilines is 2. The highest BCUT2D eigenvalue weighted by Crippen LogP contribution is 2.44. The Kier molecular flexibility index (Phi) is 4.90. The average molecular weight is 406 g/mol. The monoisotopic (exact) mass is 405 g/mol. The summed E-state index contributed by atoms with van der Waals surface area (Å²) in [4.78, 5) is 25.7. The molecule has 30 heavy (non-hydrogen) atoms. The molecule has 156 valence electrons. The molecule has 1 aromatic heterocycles. The van der Waals surface area contributed by atoms with E-state index in [1.54, 1.807) is 12.3 Å². The van der Waals surface area contributed by atoms with E-state index < -0.39 is 0 Å². The molecule has 1 spiro atoms. The third-order valence-corrected chi connectivity index (χ3v) is 6.54. The first-order chi connectivity index (χ1) is 14.6. The molecule has 3 aliphatic heterocycles. The van der Waals surface area contributed by atoms with Gasteiger partial charge >= 0.3 is 0 Å². The summed E-state index contributed by atoms with van der Waals surface area (Å²) in [6.45, 7) is 2.22. The van der Waals surface area contributed by atoms with Crippen LogP contribution in [0.2, 0.25) is 0 Å². The van der Waals surface area contributed by atoms with Gasteiger partial charge in [0, 0.05) is 37.4 Å². The number of hydrogen-bond donors (Lipinski definition) is 1. The molecule has 2 aromatic rings. The fourth-order valence-corrected chi connectivity index (χ4v) is 5.31. The number of amides is 1. The standard InChI is InChI=1S/C23H27N5O2/c24-22-25-11-10-20(26-22)27-12-13-30-23(16-27)14-18-7-8-19(15-23)28(18)21(29)9-6-17-4-2-1-3-5-17/h1-6,9-11,18-19H,7-8,12-16H2,(H2,24,25,26)/b9-6+/t18-,19+,23?. The normalized spacial score (nSPS) is 28.4. The predicted octanol–water partition coefficient (Wildman–Crippen LogP) is 2.50. The van der Waals surface area contributed by atoms with Crippen LogP contribution in [0.15, 0.2) is 48.7 Å². The molecule has 1 amide bonds. The Morgan fingerprint density at radius 3 is 2.67 bits per heavy atom. The summed E-state index contributed by atoms with van der Waals surface area (Å²) in [6, 6.07) is 12.3. The lowest BCUT2D eigenvalue weighted by Crippen LogP contribution is -2.61. The lowest BCUT2D eigenvalue weighted by molar-refractivity contribution is -0.143. The molecular weight excluding hydrogens is 378 g/mol. The van der Waals surface area contributed by atoms with Crippen molar-refractivity contribution in [2.24, 2.45) is 0 Å². The van der Waals surface area contributed by atoms with Gasteiger partial charge < -0.3 is 20.3 Å². The quantitative estimate of drug-likeness (QED) is 0.790. The Morgan fingerprint density at radius 1 is 1.17 bits per heavy atom. The molecule has 3 aliphatic rings. The fraction of sp³-hybridized carbons (Fsp3) is 0.435. The van der Waals surface area contributed by atoms with Gasteiger partial charge in [-0.15, -0.1) is 0 Å². The summed E-state index contributed by atoms with van der Waals surface area (Å²) in [5, 5.41) is 0. The zero-order valence-electron chi connectivity index (χ0n) is 17.0. The second kappa shape index (κ2) is 7.72. The van der Waals surface area contributed by atoms with E-state index in [0.717, 1.165) is 50.2 Å². The van der Waals surface area contributed by atoms with Crippen molar-refractivity contribution in [1.82, 2.24) is 14.9 Å². The number of carbonyl (C=O) groups excluding carboxylic acids is 1. The molecule has 4 heterocycles. The number of nitrogen functional groups attached to an aromatic ring is 1. The van der Waals surface area contributed by atoms with Crippen LogP contribution in [0.25, 0.3) is 6.08 Å². The number of nitrogens with two attached hydrogens (primary N) is 1. The molecule has 3 atom stereocenters. The molecule has 2 N–H and O–H groups in total. The van der Waals surface area contributed by atoms with E-state index in [4.69, 9.17) is 10.5 Å². The van der Waals surface area contributed by atoms with Crippen LogP contribution in [0, 0.1) is 0 Å². The van der Waals surface area contributed by atoms with Crippen molar-refractivity contribution in [2.45, 2.75) is 43.4 Å². The van der Waals surface area contributed by atoms with Crippen molar-refractivity contribution in [2.75, 3.05) is 30.3 Å². The van der Waals surface area contributed by atoms with Gasteiger partial charge in [-0.25, -0.2) is 4.98 Å². The van der Waals surface area contributed by atoms with Gasteiger partial charge in [0.1, 0.15) is 5.82 Å². The Morgan fingerprint density at radius 2 is 1.93 bits per heavy atom. The number of rotatable bonds is 3. The number of fused-ring (bicyclic) bond motifs is 2. The summed E-state index contributed by atoms with van der Waals surface area (Å²) in [6.07, 6.45) is 9.14. The minimum absolute atomic E-state index is 0.109. The third-order valence-electron chi connectivity index (χ3n) is 6.54. The molecular formula is C23H27N5O2. The zero-order chi connectivity index (χ0) is 20.6. The number of morpholine rings is 1. The Hall–Kier alpha value is -2.93. The maximum absolute atomic E-state index is 13.0. The van der Waals surface area contributed by atoms with Crippen LogP contribution in [-0.4, -0.2) is 58.2 Å².